The van der Waals surface area contributed by atoms with Crippen LogP contribution in [0.3, 0.4) is 0 Å². The Morgan fingerprint density at radius 1 is 1.44 bits per heavy atom. The highest BCUT2D eigenvalue weighted by molar-refractivity contribution is 7.80. The van der Waals surface area contributed by atoms with Crippen molar-refractivity contribution in [2.45, 2.75) is 53.0 Å². The minimum atomic E-state index is 0.0178. The number of thiocarbonyl (C=S) groups is 1. The molecule has 1 heterocycles. The van der Waals surface area contributed by atoms with Gasteiger partial charge in [0.15, 0.2) is 0 Å². The van der Waals surface area contributed by atoms with Crippen LogP contribution in [0.15, 0.2) is 0 Å². The van der Waals surface area contributed by atoms with Crippen LogP contribution in [0.2, 0.25) is 0 Å². The second-order valence-electron chi connectivity index (χ2n) is 6.04. The monoisotopic (exact) mass is 242 g/mol. The SMILES string of the molecule is CC1CC(C)N(CCCC(C)(C)C(N)=S)C1. The largest absolute Gasteiger partial charge is 0.393 e. The molecule has 0 saturated carbocycles. The second-order valence-corrected chi connectivity index (χ2v) is 6.48. The maximum absolute atomic E-state index is 5.73. The molecule has 1 rings (SSSR count). The Hall–Kier alpha value is -0.150. The molecule has 16 heavy (non-hydrogen) atoms. The normalized spacial score (nSPS) is 27.2. The van der Waals surface area contributed by atoms with Crippen LogP contribution in [0.4, 0.5) is 0 Å². The summed E-state index contributed by atoms with van der Waals surface area (Å²) < 4.78 is 0. The molecule has 2 nitrogen and oxygen atoms in total. The number of likely N-dealkylation sites (tertiary alicyclic amines) is 1. The fourth-order valence-corrected chi connectivity index (χ4v) is 2.65. The van der Waals surface area contributed by atoms with Crippen molar-refractivity contribution in [3.05, 3.63) is 0 Å². The summed E-state index contributed by atoms with van der Waals surface area (Å²) in [6.45, 7) is 11.4. The van der Waals surface area contributed by atoms with Gasteiger partial charge in [-0.25, -0.2) is 0 Å². The number of hydrogen-bond acceptors (Lipinski definition) is 2. The van der Waals surface area contributed by atoms with Crippen molar-refractivity contribution < 1.29 is 0 Å². The smallest absolute Gasteiger partial charge is 0.0784 e. The number of hydrogen-bond donors (Lipinski definition) is 1. The van der Waals surface area contributed by atoms with E-state index < -0.39 is 0 Å². The molecular weight excluding hydrogens is 216 g/mol. The summed E-state index contributed by atoms with van der Waals surface area (Å²) in [6.07, 6.45) is 3.64. The van der Waals surface area contributed by atoms with Crippen LogP contribution in [-0.2, 0) is 0 Å². The van der Waals surface area contributed by atoms with Gasteiger partial charge in [0.2, 0.25) is 0 Å². The van der Waals surface area contributed by atoms with E-state index in [1.165, 1.54) is 25.9 Å². The van der Waals surface area contributed by atoms with Crippen molar-refractivity contribution in [1.29, 1.82) is 0 Å². The van der Waals surface area contributed by atoms with Crippen LogP contribution in [0, 0.1) is 11.3 Å². The van der Waals surface area contributed by atoms with Gasteiger partial charge in [-0.3, -0.25) is 0 Å². The minimum Gasteiger partial charge on any atom is -0.393 e. The third-order valence-electron chi connectivity index (χ3n) is 3.83. The summed E-state index contributed by atoms with van der Waals surface area (Å²) in [6, 6.07) is 0.753. The van der Waals surface area contributed by atoms with E-state index in [1.807, 2.05) is 0 Å². The van der Waals surface area contributed by atoms with Crippen LogP contribution in [0.5, 0.6) is 0 Å². The molecule has 94 valence electrons. The van der Waals surface area contributed by atoms with E-state index in [1.54, 1.807) is 0 Å². The molecule has 0 spiro atoms. The van der Waals surface area contributed by atoms with Crippen molar-refractivity contribution in [3.63, 3.8) is 0 Å². The van der Waals surface area contributed by atoms with E-state index in [9.17, 15) is 0 Å². The molecule has 0 amide bonds. The molecule has 1 saturated heterocycles. The molecule has 0 radical (unpaired) electrons. The van der Waals surface area contributed by atoms with Crippen molar-refractivity contribution in [2.24, 2.45) is 17.1 Å². The first-order valence-corrected chi connectivity index (χ1v) is 6.77. The molecule has 0 aromatic carbocycles. The van der Waals surface area contributed by atoms with Gasteiger partial charge in [0.1, 0.15) is 0 Å². The zero-order valence-electron chi connectivity index (χ0n) is 11.1. The Balaban J connectivity index is 2.28. The van der Waals surface area contributed by atoms with Gasteiger partial charge in [0, 0.05) is 18.0 Å². The van der Waals surface area contributed by atoms with Crippen molar-refractivity contribution in [1.82, 2.24) is 4.90 Å². The molecule has 0 bridgehead atoms. The van der Waals surface area contributed by atoms with Crippen LogP contribution in [0.1, 0.15) is 47.0 Å². The highest BCUT2D eigenvalue weighted by Crippen LogP contribution is 2.26. The lowest BCUT2D eigenvalue weighted by atomic mass is 9.88. The fourth-order valence-electron chi connectivity index (χ4n) is 2.55. The predicted molar refractivity (Wildman–Crippen MR) is 74.6 cm³/mol. The first kappa shape index (κ1) is 13.9. The van der Waals surface area contributed by atoms with E-state index in [0.29, 0.717) is 4.99 Å². The molecule has 1 aliphatic rings. The summed E-state index contributed by atoms with van der Waals surface area (Å²) in [4.78, 5) is 3.25. The Kier molecular flexibility index (Phi) is 4.74. The summed E-state index contributed by atoms with van der Waals surface area (Å²) in [7, 11) is 0. The molecule has 3 heteroatoms. The van der Waals surface area contributed by atoms with Gasteiger partial charge in [-0.15, -0.1) is 0 Å². The third-order valence-corrected chi connectivity index (χ3v) is 4.38. The number of rotatable bonds is 5. The van der Waals surface area contributed by atoms with E-state index in [0.717, 1.165) is 18.4 Å². The van der Waals surface area contributed by atoms with Crippen LogP contribution in [0.25, 0.3) is 0 Å². The molecule has 2 N–H and O–H groups in total. The topological polar surface area (TPSA) is 29.3 Å². The molecule has 2 atom stereocenters. The first-order valence-electron chi connectivity index (χ1n) is 6.37. The summed E-state index contributed by atoms with van der Waals surface area (Å²) in [5.74, 6) is 0.860. The van der Waals surface area contributed by atoms with Gasteiger partial charge in [0.25, 0.3) is 0 Å². The maximum atomic E-state index is 5.73. The van der Waals surface area contributed by atoms with Gasteiger partial charge >= 0.3 is 0 Å². The average Bonchev–Trinajstić information content (AvgIpc) is 2.44. The Labute approximate surface area is 106 Å². The zero-order chi connectivity index (χ0) is 12.3. The lowest BCUT2D eigenvalue weighted by Gasteiger charge is -2.26. The molecule has 2 unspecified atom stereocenters. The maximum Gasteiger partial charge on any atom is 0.0784 e. The van der Waals surface area contributed by atoms with Gasteiger partial charge in [-0.2, -0.15) is 0 Å². The summed E-state index contributed by atoms with van der Waals surface area (Å²) in [5, 5.41) is 0. The molecule has 0 aliphatic carbocycles. The van der Waals surface area contributed by atoms with Crippen LogP contribution in [-0.4, -0.2) is 29.0 Å². The van der Waals surface area contributed by atoms with Gasteiger partial charge in [-0.1, -0.05) is 33.0 Å². The standard InChI is InChI=1S/C13H26N2S/c1-10-8-11(2)15(9-10)7-5-6-13(3,4)12(14)16/h10-11H,5-9H2,1-4H3,(H2,14,16). The van der Waals surface area contributed by atoms with E-state index in [4.69, 9.17) is 18.0 Å². The Morgan fingerprint density at radius 2 is 2.06 bits per heavy atom. The highest BCUT2D eigenvalue weighted by atomic mass is 32.1. The van der Waals surface area contributed by atoms with E-state index >= 15 is 0 Å². The molecule has 0 aromatic rings. The molecule has 1 fully saturated rings. The fraction of sp³-hybridized carbons (Fsp3) is 0.923. The Bertz CT molecular complexity index is 250. The van der Waals surface area contributed by atoms with Crippen molar-refractivity contribution in [3.8, 4) is 0 Å². The van der Waals surface area contributed by atoms with E-state index in [2.05, 4.69) is 32.6 Å². The number of nitrogens with zero attached hydrogens (tertiary/aromatic N) is 1. The lowest BCUT2D eigenvalue weighted by molar-refractivity contribution is 0.250. The second kappa shape index (κ2) is 5.46. The van der Waals surface area contributed by atoms with Gasteiger partial charge in [0.05, 0.1) is 4.99 Å². The first-order chi connectivity index (χ1) is 7.33. The van der Waals surface area contributed by atoms with Crippen LogP contribution >= 0.6 is 12.2 Å². The zero-order valence-corrected chi connectivity index (χ0v) is 11.9. The van der Waals surface area contributed by atoms with Gasteiger partial charge < -0.3 is 10.6 Å². The van der Waals surface area contributed by atoms with Crippen LogP contribution < -0.4 is 5.73 Å². The minimum absolute atomic E-state index is 0.0178. The van der Waals surface area contributed by atoms with Crippen molar-refractivity contribution >= 4 is 17.2 Å². The van der Waals surface area contributed by atoms with Crippen molar-refractivity contribution in [2.75, 3.05) is 13.1 Å². The van der Waals surface area contributed by atoms with E-state index in [-0.39, 0.29) is 5.41 Å². The summed E-state index contributed by atoms with van der Waals surface area (Å²) in [5.41, 5.74) is 5.75. The molecule has 1 aliphatic heterocycles. The average molecular weight is 242 g/mol. The quantitative estimate of drug-likeness (QED) is 0.752. The molecule has 0 aromatic heterocycles. The highest BCUT2D eigenvalue weighted by Gasteiger charge is 2.26. The number of nitrogens with two attached hydrogens (primary N) is 1. The third kappa shape index (κ3) is 3.70. The van der Waals surface area contributed by atoms with Gasteiger partial charge in [-0.05, 0) is 38.6 Å². The predicted octanol–water partition coefficient (Wildman–Crippen LogP) is 2.81. The summed E-state index contributed by atoms with van der Waals surface area (Å²) >= 11 is 5.09. The molecular formula is C13H26N2S. The lowest BCUT2D eigenvalue weighted by Crippen LogP contribution is -2.32. The Morgan fingerprint density at radius 3 is 2.50 bits per heavy atom.